The number of amides is 1. The highest BCUT2D eigenvalue weighted by Gasteiger charge is 2.13. The van der Waals surface area contributed by atoms with E-state index in [-0.39, 0.29) is 11.8 Å². The number of hydrogen-bond donors (Lipinski definition) is 1. The van der Waals surface area contributed by atoms with Gasteiger partial charge in [0.2, 0.25) is 5.91 Å². The number of hydrogen-bond acceptors (Lipinski definition) is 3. The summed E-state index contributed by atoms with van der Waals surface area (Å²) in [4.78, 5) is 20.3. The number of imidazole rings is 1. The Labute approximate surface area is 125 Å². The van der Waals surface area contributed by atoms with Crippen molar-refractivity contribution in [2.24, 2.45) is 11.8 Å². The predicted molar refractivity (Wildman–Crippen MR) is 81.8 cm³/mol. The van der Waals surface area contributed by atoms with Crippen LogP contribution in [0.25, 0.3) is 5.82 Å². The molecule has 2 aromatic rings. The maximum Gasteiger partial charge on any atom is 0.223 e. The normalized spacial score (nSPS) is 12.4. The van der Waals surface area contributed by atoms with Gasteiger partial charge in [-0.05, 0) is 30.0 Å². The maximum absolute atomic E-state index is 12.0. The Hall–Kier alpha value is -2.17. The van der Waals surface area contributed by atoms with Crippen molar-refractivity contribution in [3.63, 3.8) is 0 Å². The number of pyridine rings is 1. The third-order valence-electron chi connectivity index (χ3n) is 3.32. The topological polar surface area (TPSA) is 59.8 Å². The van der Waals surface area contributed by atoms with Crippen molar-refractivity contribution >= 4 is 5.91 Å². The zero-order chi connectivity index (χ0) is 15.2. The van der Waals surface area contributed by atoms with Crippen molar-refractivity contribution in [2.45, 2.75) is 33.7 Å². The molecule has 0 radical (unpaired) electrons. The van der Waals surface area contributed by atoms with Gasteiger partial charge in [0.05, 0.1) is 0 Å². The van der Waals surface area contributed by atoms with E-state index in [0.717, 1.165) is 17.8 Å². The average Bonchev–Trinajstić information content (AvgIpc) is 2.98. The second kappa shape index (κ2) is 7.02. The Morgan fingerprint density at radius 3 is 2.81 bits per heavy atom. The minimum Gasteiger partial charge on any atom is -0.352 e. The van der Waals surface area contributed by atoms with Gasteiger partial charge in [-0.15, -0.1) is 0 Å². The van der Waals surface area contributed by atoms with Crippen LogP contribution in [0, 0.1) is 11.8 Å². The second-order valence-corrected chi connectivity index (χ2v) is 5.74. The molecule has 0 saturated heterocycles. The molecule has 0 aliphatic rings. The first-order valence-corrected chi connectivity index (χ1v) is 7.27. The molecule has 1 N–H and O–H groups in total. The maximum atomic E-state index is 12.0. The number of carbonyl (C=O) groups is 1. The summed E-state index contributed by atoms with van der Waals surface area (Å²) in [6.45, 7) is 6.75. The van der Waals surface area contributed by atoms with Crippen LogP contribution in [0.15, 0.2) is 37.1 Å². The molecular formula is C16H22N4O. The fraction of sp³-hybridized carbons (Fsp3) is 0.438. The molecule has 1 atom stereocenters. The Morgan fingerprint density at radius 2 is 2.14 bits per heavy atom. The minimum absolute atomic E-state index is 0.0416. The third kappa shape index (κ3) is 4.41. The van der Waals surface area contributed by atoms with Crippen molar-refractivity contribution in [1.82, 2.24) is 19.9 Å². The molecule has 2 heterocycles. The van der Waals surface area contributed by atoms with Crippen molar-refractivity contribution in [3.05, 3.63) is 42.6 Å². The van der Waals surface area contributed by atoms with Crippen LogP contribution >= 0.6 is 0 Å². The first kappa shape index (κ1) is 15.2. The van der Waals surface area contributed by atoms with Crippen LogP contribution in [0.3, 0.4) is 0 Å². The highest BCUT2D eigenvalue weighted by molar-refractivity contribution is 5.78. The highest BCUT2D eigenvalue weighted by Crippen LogP contribution is 2.11. The summed E-state index contributed by atoms with van der Waals surface area (Å²) in [5, 5.41) is 2.98. The molecule has 0 aromatic carbocycles. The number of carbonyl (C=O) groups excluding carboxylic acids is 1. The first-order valence-electron chi connectivity index (χ1n) is 7.27. The van der Waals surface area contributed by atoms with Gasteiger partial charge in [0.1, 0.15) is 12.1 Å². The molecule has 0 bridgehead atoms. The smallest absolute Gasteiger partial charge is 0.223 e. The Kier molecular flexibility index (Phi) is 5.09. The van der Waals surface area contributed by atoms with Gasteiger partial charge in [-0.25, -0.2) is 9.97 Å². The zero-order valence-electron chi connectivity index (χ0n) is 12.8. The van der Waals surface area contributed by atoms with E-state index in [0.29, 0.717) is 12.5 Å². The van der Waals surface area contributed by atoms with E-state index < -0.39 is 0 Å². The summed E-state index contributed by atoms with van der Waals surface area (Å²) in [7, 11) is 0. The molecule has 21 heavy (non-hydrogen) atoms. The first-order chi connectivity index (χ1) is 10.1. The number of aromatic nitrogens is 3. The lowest BCUT2D eigenvalue weighted by atomic mass is 9.98. The van der Waals surface area contributed by atoms with Crippen LogP contribution in [0.1, 0.15) is 32.8 Å². The van der Waals surface area contributed by atoms with Gasteiger partial charge >= 0.3 is 0 Å². The summed E-state index contributed by atoms with van der Waals surface area (Å²) in [6, 6.07) is 3.86. The summed E-state index contributed by atoms with van der Waals surface area (Å²) in [6.07, 6.45) is 7.91. The monoisotopic (exact) mass is 286 g/mol. The molecule has 0 saturated carbocycles. The molecule has 0 aliphatic heterocycles. The SMILES string of the molecule is CC(C)CC(C)C(=O)NCc1ccnc(-n2ccnc2)c1. The van der Waals surface area contributed by atoms with E-state index in [1.54, 1.807) is 18.7 Å². The Bertz CT molecular complexity index is 578. The van der Waals surface area contributed by atoms with Crippen molar-refractivity contribution in [1.29, 1.82) is 0 Å². The standard InChI is InChI=1S/C16H22N4O/c1-12(2)8-13(3)16(21)19-10-14-4-5-18-15(9-14)20-7-6-17-11-20/h4-7,9,11-13H,8,10H2,1-3H3,(H,19,21). The third-order valence-corrected chi connectivity index (χ3v) is 3.32. The highest BCUT2D eigenvalue weighted by atomic mass is 16.1. The lowest BCUT2D eigenvalue weighted by Gasteiger charge is -2.14. The van der Waals surface area contributed by atoms with Crippen LogP contribution in [-0.4, -0.2) is 20.4 Å². The molecule has 5 nitrogen and oxygen atoms in total. The van der Waals surface area contributed by atoms with Gasteiger partial charge in [-0.2, -0.15) is 0 Å². The van der Waals surface area contributed by atoms with E-state index in [9.17, 15) is 4.79 Å². The van der Waals surface area contributed by atoms with Gasteiger partial charge in [-0.1, -0.05) is 20.8 Å². The van der Waals surface area contributed by atoms with E-state index in [1.165, 1.54) is 0 Å². The van der Waals surface area contributed by atoms with Crippen LogP contribution in [0.4, 0.5) is 0 Å². The quantitative estimate of drug-likeness (QED) is 0.888. The van der Waals surface area contributed by atoms with E-state index in [2.05, 4.69) is 29.1 Å². The largest absolute Gasteiger partial charge is 0.352 e. The van der Waals surface area contributed by atoms with Gasteiger partial charge < -0.3 is 5.32 Å². The Morgan fingerprint density at radius 1 is 1.33 bits per heavy atom. The lowest BCUT2D eigenvalue weighted by Crippen LogP contribution is -2.29. The zero-order valence-corrected chi connectivity index (χ0v) is 12.8. The van der Waals surface area contributed by atoms with E-state index in [4.69, 9.17) is 0 Å². The molecule has 0 fully saturated rings. The molecule has 1 amide bonds. The van der Waals surface area contributed by atoms with Gasteiger partial charge in [-0.3, -0.25) is 9.36 Å². The minimum atomic E-state index is 0.0416. The van der Waals surface area contributed by atoms with Crippen molar-refractivity contribution in [3.8, 4) is 5.82 Å². The van der Waals surface area contributed by atoms with Gasteiger partial charge in [0, 0.05) is 31.1 Å². The summed E-state index contributed by atoms with van der Waals surface area (Å²) in [5.41, 5.74) is 1.03. The molecule has 5 heteroatoms. The molecule has 1 unspecified atom stereocenters. The fourth-order valence-electron chi connectivity index (χ4n) is 2.28. The molecular weight excluding hydrogens is 264 g/mol. The Balaban J connectivity index is 1.95. The van der Waals surface area contributed by atoms with Gasteiger partial charge in [0.15, 0.2) is 0 Å². The van der Waals surface area contributed by atoms with Crippen LogP contribution in [0.2, 0.25) is 0 Å². The van der Waals surface area contributed by atoms with E-state index in [1.807, 2.05) is 29.8 Å². The number of nitrogens with zero attached hydrogens (tertiary/aromatic N) is 3. The van der Waals surface area contributed by atoms with E-state index >= 15 is 0 Å². The van der Waals surface area contributed by atoms with Crippen LogP contribution in [-0.2, 0) is 11.3 Å². The number of nitrogens with one attached hydrogen (secondary N) is 1. The van der Waals surface area contributed by atoms with Gasteiger partial charge in [0.25, 0.3) is 0 Å². The molecule has 0 aliphatic carbocycles. The second-order valence-electron chi connectivity index (χ2n) is 5.74. The predicted octanol–water partition coefficient (Wildman–Crippen LogP) is 2.57. The summed E-state index contributed by atoms with van der Waals surface area (Å²) < 4.78 is 1.84. The molecule has 0 spiro atoms. The average molecular weight is 286 g/mol. The fourth-order valence-corrected chi connectivity index (χ4v) is 2.28. The number of rotatable bonds is 6. The van der Waals surface area contributed by atoms with Crippen LogP contribution in [0.5, 0.6) is 0 Å². The molecule has 2 rings (SSSR count). The lowest BCUT2D eigenvalue weighted by molar-refractivity contribution is -0.125. The summed E-state index contributed by atoms with van der Waals surface area (Å²) >= 11 is 0. The van der Waals surface area contributed by atoms with Crippen molar-refractivity contribution in [2.75, 3.05) is 0 Å². The summed E-state index contributed by atoms with van der Waals surface area (Å²) in [5.74, 6) is 1.47. The van der Waals surface area contributed by atoms with Crippen LogP contribution < -0.4 is 5.32 Å². The van der Waals surface area contributed by atoms with Crippen molar-refractivity contribution < 1.29 is 4.79 Å². The molecule has 2 aromatic heterocycles. The molecule has 112 valence electrons.